The summed E-state index contributed by atoms with van der Waals surface area (Å²) in [5.74, 6) is -1.26. The number of methoxy groups -OCH3 is 1. The van der Waals surface area contributed by atoms with Crippen molar-refractivity contribution in [2.75, 3.05) is 26.8 Å². The van der Waals surface area contributed by atoms with E-state index < -0.39 is 23.6 Å². The SMILES string of the molecule is COc1ccc(C(=O)N2[C@H](C(=O)[O-])COC23CCN(C(=O)C(C)C)CC3)cc1. The van der Waals surface area contributed by atoms with Crippen LogP contribution < -0.4 is 9.84 Å². The first kappa shape index (κ1) is 20.1. The molecule has 2 aliphatic rings. The van der Waals surface area contributed by atoms with Crippen molar-refractivity contribution in [1.29, 1.82) is 0 Å². The summed E-state index contributed by atoms with van der Waals surface area (Å²) in [6.07, 6.45) is 0.717. The zero-order chi connectivity index (χ0) is 20.5. The summed E-state index contributed by atoms with van der Waals surface area (Å²) in [6, 6.07) is 5.32. The summed E-state index contributed by atoms with van der Waals surface area (Å²) >= 11 is 0. The number of carboxylic acid groups (broad SMARTS) is 1. The molecule has 0 aromatic heterocycles. The molecule has 1 atom stereocenters. The van der Waals surface area contributed by atoms with Crippen molar-refractivity contribution in [2.45, 2.75) is 38.5 Å². The van der Waals surface area contributed by atoms with Crippen LogP contribution >= 0.6 is 0 Å². The van der Waals surface area contributed by atoms with E-state index in [2.05, 4.69) is 0 Å². The molecule has 0 aliphatic carbocycles. The van der Waals surface area contributed by atoms with E-state index in [9.17, 15) is 19.5 Å². The number of rotatable bonds is 4. The van der Waals surface area contributed by atoms with Gasteiger partial charge < -0.3 is 24.3 Å². The topological polar surface area (TPSA) is 99.2 Å². The third kappa shape index (κ3) is 3.56. The van der Waals surface area contributed by atoms with Crippen LogP contribution in [0.3, 0.4) is 0 Å². The van der Waals surface area contributed by atoms with E-state index in [0.717, 1.165) is 0 Å². The smallest absolute Gasteiger partial charge is 0.256 e. The van der Waals surface area contributed by atoms with Crippen molar-refractivity contribution in [3.05, 3.63) is 29.8 Å². The van der Waals surface area contributed by atoms with E-state index in [0.29, 0.717) is 37.2 Å². The van der Waals surface area contributed by atoms with Gasteiger partial charge in [-0.2, -0.15) is 0 Å². The van der Waals surface area contributed by atoms with Crippen LogP contribution in [0.25, 0.3) is 0 Å². The lowest BCUT2D eigenvalue weighted by molar-refractivity contribution is -0.310. The minimum Gasteiger partial charge on any atom is -0.548 e. The fourth-order valence-electron chi connectivity index (χ4n) is 3.86. The zero-order valence-electron chi connectivity index (χ0n) is 16.3. The van der Waals surface area contributed by atoms with Gasteiger partial charge in [-0.1, -0.05) is 13.8 Å². The van der Waals surface area contributed by atoms with E-state index >= 15 is 0 Å². The first-order valence-electron chi connectivity index (χ1n) is 9.40. The Kier molecular flexibility index (Phi) is 5.60. The number of piperidine rings is 1. The van der Waals surface area contributed by atoms with Crippen molar-refractivity contribution in [3.8, 4) is 5.75 Å². The quantitative estimate of drug-likeness (QED) is 0.733. The Balaban J connectivity index is 1.85. The third-order valence-corrected chi connectivity index (χ3v) is 5.44. The monoisotopic (exact) mass is 389 g/mol. The maximum absolute atomic E-state index is 13.2. The Hall–Kier alpha value is -2.61. The van der Waals surface area contributed by atoms with Gasteiger partial charge in [-0.15, -0.1) is 0 Å². The molecule has 2 amide bonds. The lowest BCUT2D eigenvalue weighted by Crippen LogP contribution is -2.60. The van der Waals surface area contributed by atoms with Gasteiger partial charge in [-0.25, -0.2) is 0 Å². The minimum absolute atomic E-state index is 0.0392. The maximum Gasteiger partial charge on any atom is 0.256 e. The summed E-state index contributed by atoms with van der Waals surface area (Å²) in [5.41, 5.74) is -0.701. The second kappa shape index (κ2) is 7.79. The molecule has 0 unspecified atom stereocenters. The average molecular weight is 389 g/mol. The lowest BCUT2D eigenvalue weighted by Gasteiger charge is -2.45. The van der Waals surface area contributed by atoms with Crippen molar-refractivity contribution < 1.29 is 29.0 Å². The number of carboxylic acids is 1. The molecule has 28 heavy (non-hydrogen) atoms. The first-order chi connectivity index (χ1) is 13.3. The van der Waals surface area contributed by atoms with Gasteiger partial charge in [-0.3, -0.25) is 14.5 Å². The molecule has 2 heterocycles. The standard InChI is InChI=1S/C20H26N2O6/c1-13(2)17(23)21-10-8-20(9-11-21)22(16(12-28-20)19(25)26)18(24)14-4-6-15(27-3)7-5-14/h4-7,13,16H,8-12H2,1-3H3,(H,25,26)/p-1/t16-/m0/s1. The molecule has 3 rings (SSSR count). The number of carbonyl (C=O) groups is 3. The summed E-state index contributed by atoms with van der Waals surface area (Å²) in [5, 5.41) is 11.7. The van der Waals surface area contributed by atoms with Gasteiger partial charge in [0.15, 0.2) is 0 Å². The molecule has 1 aromatic carbocycles. The number of likely N-dealkylation sites (tertiary alicyclic amines) is 1. The molecule has 0 bridgehead atoms. The Labute approximate surface area is 164 Å². The molecular formula is C20H25N2O6-. The lowest BCUT2D eigenvalue weighted by atomic mass is 9.96. The molecule has 2 aliphatic heterocycles. The molecule has 0 N–H and O–H groups in total. The highest BCUT2D eigenvalue weighted by molar-refractivity contribution is 5.97. The third-order valence-electron chi connectivity index (χ3n) is 5.44. The minimum atomic E-state index is -1.35. The average Bonchev–Trinajstić information content (AvgIpc) is 3.06. The predicted molar refractivity (Wildman–Crippen MR) is 97.3 cm³/mol. The number of ether oxygens (including phenoxy) is 2. The van der Waals surface area contributed by atoms with E-state index in [-0.39, 0.29) is 18.4 Å². The van der Waals surface area contributed by atoms with Crippen LogP contribution in [-0.2, 0) is 14.3 Å². The molecule has 152 valence electrons. The summed E-state index contributed by atoms with van der Waals surface area (Å²) < 4.78 is 11.0. The van der Waals surface area contributed by atoms with Gasteiger partial charge in [0.2, 0.25) is 5.91 Å². The second-order valence-electron chi connectivity index (χ2n) is 7.48. The van der Waals surface area contributed by atoms with Crippen molar-refractivity contribution in [1.82, 2.24) is 9.80 Å². The normalized spacial score (nSPS) is 21.2. The highest BCUT2D eigenvalue weighted by atomic mass is 16.5. The fraction of sp³-hybridized carbons (Fsp3) is 0.550. The van der Waals surface area contributed by atoms with Crippen LogP contribution in [0, 0.1) is 5.92 Å². The van der Waals surface area contributed by atoms with Crippen molar-refractivity contribution >= 4 is 17.8 Å². The molecule has 1 spiro atoms. The molecule has 8 heteroatoms. The van der Waals surface area contributed by atoms with Gasteiger partial charge in [0.25, 0.3) is 5.91 Å². The number of aliphatic carboxylic acids is 1. The van der Waals surface area contributed by atoms with E-state index in [4.69, 9.17) is 9.47 Å². The van der Waals surface area contributed by atoms with Gasteiger partial charge in [0.1, 0.15) is 11.5 Å². The van der Waals surface area contributed by atoms with Crippen molar-refractivity contribution in [2.24, 2.45) is 5.92 Å². The highest BCUT2D eigenvalue weighted by Gasteiger charge is 2.52. The van der Waals surface area contributed by atoms with Crippen molar-refractivity contribution in [3.63, 3.8) is 0 Å². The summed E-state index contributed by atoms with van der Waals surface area (Å²) in [6.45, 7) is 4.36. The zero-order valence-corrected chi connectivity index (χ0v) is 16.3. The Morgan fingerprint density at radius 3 is 2.29 bits per heavy atom. The summed E-state index contributed by atoms with van der Waals surface area (Å²) in [7, 11) is 1.53. The van der Waals surface area contributed by atoms with Gasteiger partial charge >= 0.3 is 0 Å². The number of hydrogen-bond donors (Lipinski definition) is 0. The van der Waals surface area contributed by atoms with Crippen LogP contribution in [0.15, 0.2) is 24.3 Å². The number of benzene rings is 1. The number of nitrogens with zero attached hydrogens (tertiary/aromatic N) is 2. The van der Waals surface area contributed by atoms with Gasteiger partial charge in [0.05, 0.1) is 25.7 Å². The largest absolute Gasteiger partial charge is 0.548 e. The predicted octanol–water partition coefficient (Wildman–Crippen LogP) is 0.261. The van der Waals surface area contributed by atoms with Gasteiger partial charge in [-0.05, 0) is 24.3 Å². The van der Waals surface area contributed by atoms with E-state index in [1.807, 2.05) is 13.8 Å². The van der Waals surface area contributed by atoms with Crippen LogP contribution in [0.5, 0.6) is 5.75 Å². The molecule has 2 fully saturated rings. The molecule has 2 saturated heterocycles. The van der Waals surface area contributed by atoms with E-state index in [1.165, 1.54) is 12.0 Å². The second-order valence-corrected chi connectivity index (χ2v) is 7.48. The van der Waals surface area contributed by atoms with Gasteiger partial charge in [0, 0.05) is 37.4 Å². The number of hydrogen-bond acceptors (Lipinski definition) is 6. The Bertz CT molecular complexity index is 752. The molecule has 1 aromatic rings. The molecule has 0 saturated carbocycles. The number of amides is 2. The number of carbonyl (C=O) groups excluding carboxylic acids is 3. The van der Waals surface area contributed by atoms with Crippen LogP contribution in [0.4, 0.5) is 0 Å². The fourth-order valence-corrected chi connectivity index (χ4v) is 3.86. The molecule has 8 nitrogen and oxygen atoms in total. The Morgan fingerprint density at radius 1 is 1.18 bits per heavy atom. The van der Waals surface area contributed by atoms with Crippen LogP contribution in [0.1, 0.15) is 37.0 Å². The Morgan fingerprint density at radius 2 is 1.79 bits per heavy atom. The molecule has 0 radical (unpaired) electrons. The van der Waals surface area contributed by atoms with Crippen LogP contribution in [-0.4, -0.2) is 66.2 Å². The maximum atomic E-state index is 13.2. The van der Waals surface area contributed by atoms with Crippen LogP contribution in [0.2, 0.25) is 0 Å². The molecular weight excluding hydrogens is 364 g/mol. The van der Waals surface area contributed by atoms with E-state index in [1.54, 1.807) is 29.2 Å². The first-order valence-corrected chi connectivity index (χ1v) is 9.40. The summed E-state index contributed by atoms with van der Waals surface area (Å²) in [4.78, 5) is 40.1. The highest BCUT2D eigenvalue weighted by Crippen LogP contribution is 2.38.